The van der Waals surface area contributed by atoms with Crippen molar-refractivity contribution < 1.29 is 9.47 Å². The maximum Gasteiger partial charge on any atom is 0.0716 e. The molecule has 0 amide bonds. The van der Waals surface area contributed by atoms with Crippen molar-refractivity contribution in [2.75, 3.05) is 13.2 Å². The highest BCUT2D eigenvalue weighted by molar-refractivity contribution is 5.63. The summed E-state index contributed by atoms with van der Waals surface area (Å²) in [4.78, 5) is 0. The van der Waals surface area contributed by atoms with E-state index >= 15 is 0 Å². The second kappa shape index (κ2) is 12.7. The van der Waals surface area contributed by atoms with Crippen LogP contribution in [0.5, 0.6) is 0 Å². The second-order valence-corrected chi connectivity index (χ2v) is 6.91. The van der Waals surface area contributed by atoms with E-state index in [1.54, 1.807) is 0 Å². The summed E-state index contributed by atoms with van der Waals surface area (Å²) >= 11 is 0. The molecule has 0 saturated carbocycles. The third-order valence-electron chi connectivity index (χ3n) is 4.56. The smallest absolute Gasteiger partial charge is 0.0716 e. The zero-order valence-electron chi connectivity index (χ0n) is 16.5. The first kappa shape index (κ1) is 20.7. The largest absolute Gasteiger partial charge is 0.377 e. The topological polar surface area (TPSA) is 18.5 Å². The summed E-state index contributed by atoms with van der Waals surface area (Å²) in [6, 6.07) is 17.4. The second-order valence-electron chi connectivity index (χ2n) is 6.91. The van der Waals surface area contributed by atoms with Crippen LogP contribution < -0.4 is 0 Å². The van der Waals surface area contributed by atoms with Crippen molar-refractivity contribution >= 4 is 0 Å². The molecule has 2 nitrogen and oxygen atoms in total. The summed E-state index contributed by atoms with van der Waals surface area (Å²) in [6.45, 7) is 7.56. The van der Waals surface area contributed by atoms with Gasteiger partial charge in [0.2, 0.25) is 0 Å². The maximum atomic E-state index is 5.73. The lowest BCUT2D eigenvalue weighted by Gasteiger charge is -2.08. The molecule has 2 aromatic rings. The average molecular weight is 355 g/mol. The van der Waals surface area contributed by atoms with Crippen LogP contribution in [0.1, 0.15) is 63.5 Å². The average Bonchev–Trinajstić information content (AvgIpc) is 2.69. The van der Waals surface area contributed by atoms with Crippen LogP contribution >= 0.6 is 0 Å². The molecule has 0 aromatic heterocycles. The van der Waals surface area contributed by atoms with Crippen molar-refractivity contribution in [1.82, 2.24) is 0 Å². The number of rotatable bonds is 13. The van der Waals surface area contributed by atoms with Crippen molar-refractivity contribution in [1.29, 1.82) is 0 Å². The third kappa shape index (κ3) is 7.72. The van der Waals surface area contributed by atoms with Gasteiger partial charge in [-0.05, 0) is 35.1 Å². The zero-order chi connectivity index (χ0) is 18.5. The Labute approximate surface area is 159 Å². The number of ether oxygens (including phenoxy) is 2. The van der Waals surface area contributed by atoms with Gasteiger partial charge in [0.1, 0.15) is 0 Å². The fraction of sp³-hybridized carbons (Fsp3) is 0.500. The quantitative estimate of drug-likeness (QED) is 0.370. The van der Waals surface area contributed by atoms with Crippen molar-refractivity contribution in [3.05, 3.63) is 59.7 Å². The normalized spacial score (nSPS) is 11.0. The highest BCUT2D eigenvalue weighted by Gasteiger charge is 2.00. The number of hydrogen-bond donors (Lipinski definition) is 0. The van der Waals surface area contributed by atoms with Gasteiger partial charge in [-0.3, -0.25) is 0 Å². The molecule has 142 valence electrons. The fourth-order valence-corrected chi connectivity index (χ4v) is 2.88. The zero-order valence-corrected chi connectivity index (χ0v) is 16.5. The molecule has 0 bridgehead atoms. The van der Waals surface area contributed by atoms with E-state index in [0.29, 0.717) is 13.2 Å². The van der Waals surface area contributed by atoms with E-state index in [1.807, 2.05) is 0 Å². The molecule has 0 spiro atoms. The first-order chi connectivity index (χ1) is 12.8. The minimum Gasteiger partial charge on any atom is -0.377 e. The molecule has 2 heteroatoms. The number of unbranched alkanes of at least 4 members (excludes halogenated alkanes) is 4. The van der Waals surface area contributed by atoms with E-state index < -0.39 is 0 Å². The van der Waals surface area contributed by atoms with E-state index in [9.17, 15) is 0 Å². The Morgan fingerprint density at radius 3 is 1.27 bits per heavy atom. The lowest BCUT2D eigenvalue weighted by molar-refractivity contribution is 0.117. The molecule has 2 rings (SSSR count). The molecule has 0 unspecified atom stereocenters. The van der Waals surface area contributed by atoms with Gasteiger partial charge < -0.3 is 9.47 Å². The molecular weight excluding hydrogens is 320 g/mol. The van der Waals surface area contributed by atoms with Gasteiger partial charge in [0.25, 0.3) is 0 Å². The highest BCUT2D eigenvalue weighted by atomic mass is 16.5. The van der Waals surface area contributed by atoms with Crippen molar-refractivity contribution in [3.63, 3.8) is 0 Å². The van der Waals surface area contributed by atoms with Gasteiger partial charge in [-0.15, -0.1) is 0 Å². The Hall–Kier alpha value is -1.64. The van der Waals surface area contributed by atoms with Gasteiger partial charge in [0.05, 0.1) is 13.2 Å². The fourth-order valence-electron chi connectivity index (χ4n) is 2.88. The molecular formula is C24H34O2. The van der Waals surface area contributed by atoms with Crippen molar-refractivity contribution in [2.45, 2.75) is 65.6 Å². The van der Waals surface area contributed by atoms with Gasteiger partial charge in [0.15, 0.2) is 0 Å². The standard InChI is InChI=1S/C24H34O2/c1-3-5-7-17-25-19-21-9-13-23(14-10-21)24-15-11-22(12-16-24)20-26-18-8-6-4-2/h9-16H,3-8,17-20H2,1-2H3. The molecule has 2 aromatic carbocycles. The summed E-state index contributed by atoms with van der Waals surface area (Å²) in [5.74, 6) is 0. The van der Waals surface area contributed by atoms with Crippen LogP contribution in [0.4, 0.5) is 0 Å². The van der Waals surface area contributed by atoms with Crippen LogP contribution in [0.2, 0.25) is 0 Å². The highest BCUT2D eigenvalue weighted by Crippen LogP contribution is 2.21. The molecule has 0 radical (unpaired) electrons. The van der Waals surface area contributed by atoms with Crippen LogP contribution in [-0.2, 0) is 22.7 Å². The molecule has 0 fully saturated rings. The maximum absolute atomic E-state index is 5.73. The van der Waals surface area contributed by atoms with E-state index in [1.165, 1.54) is 47.9 Å². The number of benzene rings is 2. The molecule has 0 aliphatic rings. The van der Waals surface area contributed by atoms with Crippen molar-refractivity contribution in [2.24, 2.45) is 0 Å². The van der Waals surface area contributed by atoms with Crippen molar-refractivity contribution in [3.8, 4) is 11.1 Å². The summed E-state index contributed by atoms with van der Waals surface area (Å²) in [5.41, 5.74) is 4.97. The first-order valence-electron chi connectivity index (χ1n) is 10.2. The predicted molar refractivity (Wildman–Crippen MR) is 110 cm³/mol. The van der Waals surface area contributed by atoms with E-state index in [4.69, 9.17) is 9.47 Å². The summed E-state index contributed by atoms with van der Waals surface area (Å²) in [7, 11) is 0. The Balaban J connectivity index is 1.77. The van der Waals surface area contributed by atoms with Crippen LogP contribution in [-0.4, -0.2) is 13.2 Å². The van der Waals surface area contributed by atoms with Crippen LogP contribution in [0.3, 0.4) is 0 Å². The molecule has 0 atom stereocenters. The lowest BCUT2D eigenvalue weighted by Crippen LogP contribution is -1.96. The third-order valence-corrected chi connectivity index (χ3v) is 4.56. The van der Waals surface area contributed by atoms with Gasteiger partial charge in [-0.2, -0.15) is 0 Å². The first-order valence-corrected chi connectivity index (χ1v) is 10.2. The molecule has 0 heterocycles. The van der Waals surface area contributed by atoms with Gasteiger partial charge in [-0.25, -0.2) is 0 Å². The molecule has 0 aliphatic carbocycles. The Kier molecular flexibility index (Phi) is 10.1. The lowest BCUT2D eigenvalue weighted by atomic mass is 10.0. The molecule has 26 heavy (non-hydrogen) atoms. The minimum absolute atomic E-state index is 0.707. The molecule has 0 N–H and O–H groups in total. The molecule has 0 saturated heterocycles. The minimum atomic E-state index is 0.707. The molecule has 0 aliphatic heterocycles. The van der Waals surface area contributed by atoms with Gasteiger partial charge in [-0.1, -0.05) is 88.1 Å². The SMILES string of the molecule is CCCCCOCc1ccc(-c2ccc(COCCCCC)cc2)cc1. The van der Waals surface area contributed by atoms with E-state index in [0.717, 1.165) is 26.1 Å². The summed E-state index contributed by atoms with van der Waals surface area (Å²) in [6.07, 6.45) is 7.29. The van der Waals surface area contributed by atoms with Crippen LogP contribution in [0.15, 0.2) is 48.5 Å². The summed E-state index contributed by atoms with van der Waals surface area (Å²) in [5, 5.41) is 0. The predicted octanol–water partition coefficient (Wildman–Crippen LogP) is 6.77. The van der Waals surface area contributed by atoms with E-state index in [2.05, 4.69) is 62.4 Å². The van der Waals surface area contributed by atoms with Crippen LogP contribution in [0.25, 0.3) is 11.1 Å². The number of hydrogen-bond acceptors (Lipinski definition) is 2. The van der Waals surface area contributed by atoms with Gasteiger partial charge >= 0.3 is 0 Å². The van der Waals surface area contributed by atoms with Gasteiger partial charge in [0, 0.05) is 13.2 Å². The Morgan fingerprint density at radius 1 is 0.538 bits per heavy atom. The summed E-state index contributed by atoms with van der Waals surface area (Å²) < 4.78 is 11.5. The van der Waals surface area contributed by atoms with E-state index in [-0.39, 0.29) is 0 Å². The van der Waals surface area contributed by atoms with Crippen LogP contribution in [0, 0.1) is 0 Å². The monoisotopic (exact) mass is 354 g/mol. The Morgan fingerprint density at radius 2 is 0.923 bits per heavy atom. The Bertz CT molecular complexity index is 531.